The SMILES string of the molecule is C=C(C)CCCCCCCCCCCCCCCCC(=O)NC(CCC(=O)NCCOCCOCC(=O)NCCOCCOCC(=O)NC(CCC(=O)NCCCC(=O)NCCCCC)C(=O)O)C(=O)O. The second-order valence-electron chi connectivity index (χ2n) is 17.9. The Labute approximate surface area is 423 Å². The summed E-state index contributed by atoms with van der Waals surface area (Å²) < 4.78 is 21.3. The number of rotatable bonds is 51. The summed E-state index contributed by atoms with van der Waals surface area (Å²) in [6.07, 6.45) is 21.5. The van der Waals surface area contributed by atoms with E-state index in [-0.39, 0.29) is 134 Å². The molecule has 0 aromatic carbocycles. The van der Waals surface area contributed by atoms with Crippen LogP contribution >= 0.6 is 0 Å². The van der Waals surface area contributed by atoms with Crippen molar-refractivity contribution in [2.24, 2.45) is 0 Å². The molecule has 0 aromatic heterocycles. The summed E-state index contributed by atoms with van der Waals surface area (Å²) in [5, 5.41) is 34.6. The average Bonchev–Trinajstić information content (AvgIpc) is 3.33. The van der Waals surface area contributed by atoms with Gasteiger partial charge in [0.15, 0.2) is 0 Å². The Bertz CT molecular complexity index is 1490. The molecule has 0 aliphatic carbocycles. The number of hydrogen-bond donors (Lipinski definition) is 8. The van der Waals surface area contributed by atoms with Crippen LogP contribution in [0.4, 0.5) is 0 Å². The number of ether oxygens (including phenoxy) is 4. The van der Waals surface area contributed by atoms with Gasteiger partial charge in [0.05, 0.1) is 39.6 Å². The van der Waals surface area contributed by atoms with Crippen molar-refractivity contribution < 1.29 is 67.5 Å². The summed E-state index contributed by atoms with van der Waals surface area (Å²) in [6, 6.07) is -2.43. The molecule has 0 bridgehead atoms. The maximum Gasteiger partial charge on any atom is 0.326 e. The number of carbonyl (C=O) groups excluding carboxylic acids is 6. The van der Waals surface area contributed by atoms with Crippen molar-refractivity contribution >= 4 is 47.4 Å². The first-order chi connectivity index (χ1) is 34.2. The molecule has 0 aromatic rings. The highest BCUT2D eigenvalue weighted by Gasteiger charge is 2.22. The van der Waals surface area contributed by atoms with Gasteiger partial charge in [0.2, 0.25) is 35.4 Å². The van der Waals surface area contributed by atoms with E-state index in [0.717, 1.165) is 44.9 Å². The van der Waals surface area contributed by atoms with E-state index in [1.165, 1.54) is 69.8 Å². The fraction of sp³-hybridized carbons (Fsp3) is 0.804. The van der Waals surface area contributed by atoms with Crippen LogP contribution in [0.5, 0.6) is 0 Å². The van der Waals surface area contributed by atoms with Gasteiger partial charge >= 0.3 is 11.9 Å². The van der Waals surface area contributed by atoms with Crippen molar-refractivity contribution in [2.75, 3.05) is 79.0 Å². The molecule has 71 heavy (non-hydrogen) atoms. The predicted molar refractivity (Wildman–Crippen MR) is 270 cm³/mol. The number of unbranched alkanes of at least 4 members (excludes halogenated alkanes) is 15. The Balaban J connectivity index is 3.80. The Hall–Kier alpha value is -4.66. The Morgan fingerprint density at radius 1 is 0.394 bits per heavy atom. The largest absolute Gasteiger partial charge is 0.480 e. The minimum Gasteiger partial charge on any atom is -0.480 e. The van der Waals surface area contributed by atoms with E-state index in [1.807, 2.05) is 0 Å². The first-order valence-electron chi connectivity index (χ1n) is 26.3. The maximum atomic E-state index is 12.4. The van der Waals surface area contributed by atoms with Crippen LogP contribution in [-0.4, -0.2) is 149 Å². The third kappa shape index (κ3) is 46.2. The lowest BCUT2D eigenvalue weighted by Gasteiger charge is -2.14. The summed E-state index contributed by atoms with van der Waals surface area (Å²) in [6.45, 7) is 9.58. The molecule has 410 valence electrons. The lowest BCUT2D eigenvalue weighted by Crippen LogP contribution is -2.43. The van der Waals surface area contributed by atoms with Gasteiger partial charge in [0.1, 0.15) is 25.3 Å². The van der Waals surface area contributed by atoms with Crippen molar-refractivity contribution in [3.8, 4) is 0 Å². The molecule has 8 N–H and O–H groups in total. The molecule has 0 aliphatic rings. The number of carboxylic acids is 2. The molecule has 0 saturated carbocycles. The smallest absolute Gasteiger partial charge is 0.326 e. The molecule has 0 heterocycles. The third-order valence-corrected chi connectivity index (χ3v) is 11.2. The number of aliphatic carboxylic acids is 2. The van der Waals surface area contributed by atoms with Gasteiger partial charge < -0.3 is 61.1 Å². The molecule has 0 saturated heterocycles. The van der Waals surface area contributed by atoms with Crippen LogP contribution < -0.4 is 31.9 Å². The standard InChI is InChI=1S/C51H92N6O14/c1-4-5-20-29-52-44(58)24-21-30-53-45(59)27-26-43(51(66)67)57-49(63)40-71-38-36-69-34-32-55-48(62)39-70-37-35-68-33-31-54-46(60)28-25-42(50(64)65)56-47(61)23-19-17-15-13-11-9-7-6-8-10-12-14-16-18-22-41(2)3/h42-43H,2,4-40H2,1,3H3,(H,52,58)(H,53,59)(H,54,60)(H,55,62)(H,56,61)(H,57,63)(H,64,65)(H,66,67). The van der Waals surface area contributed by atoms with Crippen molar-refractivity contribution in [2.45, 2.75) is 186 Å². The maximum absolute atomic E-state index is 12.4. The van der Waals surface area contributed by atoms with Crippen LogP contribution in [0, 0.1) is 0 Å². The number of hydrogen-bond acceptors (Lipinski definition) is 12. The Morgan fingerprint density at radius 3 is 1.23 bits per heavy atom. The molecular weight excluding hydrogens is 921 g/mol. The van der Waals surface area contributed by atoms with E-state index in [0.29, 0.717) is 19.4 Å². The van der Waals surface area contributed by atoms with Gasteiger partial charge in [-0.1, -0.05) is 102 Å². The van der Waals surface area contributed by atoms with E-state index in [2.05, 4.69) is 52.3 Å². The lowest BCUT2D eigenvalue weighted by molar-refractivity contribution is -0.143. The number of carbonyl (C=O) groups is 8. The van der Waals surface area contributed by atoms with Crippen LogP contribution in [0.15, 0.2) is 12.2 Å². The highest BCUT2D eigenvalue weighted by atomic mass is 16.5. The van der Waals surface area contributed by atoms with Gasteiger partial charge in [-0.15, -0.1) is 6.58 Å². The first kappa shape index (κ1) is 66.3. The normalized spacial score (nSPS) is 11.8. The van der Waals surface area contributed by atoms with Gasteiger partial charge in [-0.05, 0) is 51.9 Å². The lowest BCUT2D eigenvalue weighted by atomic mass is 10.0. The number of amides is 6. The van der Waals surface area contributed by atoms with E-state index < -0.39 is 36.5 Å². The number of carboxylic acid groups (broad SMARTS) is 2. The van der Waals surface area contributed by atoms with Crippen LogP contribution in [0.2, 0.25) is 0 Å². The average molecular weight is 1010 g/mol. The monoisotopic (exact) mass is 1010 g/mol. The Kier molecular flexibility index (Phi) is 44.5. The van der Waals surface area contributed by atoms with E-state index in [1.54, 1.807) is 0 Å². The van der Waals surface area contributed by atoms with Gasteiger partial charge in [0, 0.05) is 51.9 Å². The summed E-state index contributed by atoms with van der Waals surface area (Å²) in [5.41, 5.74) is 1.28. The minimum absolute atomic E-state index is 0.0323. The molecule has 0 fully saturated rings. The molecule has 6 amide bonds. The van der Waals surface area contributed by atoms with Crippen LogP contribution in [0.3, 0.4) is 0 Å². The van der Waals surface area contributed by atoms with Gasteiger partial charge in [-0.2, -0.15) is 0 Å². The molecule has 0 spiro atoms. The highest BCUT2D eigenvalue weighted by molar-refractivity contribution is 5.85. The van der Waals surface area contributed by atoms with E-state index in [4.69, 9.17) is 18.9 Å². The van der Waals surface area contributed by atoms with Crippen LogP contribution in [0.1, 0.15) is 174 Å². The first-order valence-corrected chi connectivity index (χ1v) is 26.3. The zero-order valence-corrected chi connectivity index (χ0v) is 43.3. The summed E-state index contributed by atoms with van der Waals surface area (Å²) in [7, 11) is 0. The second kappa shape index (κ2) is 47.7. The Morgan fingerprint density at radius 2 is 0.761 bits per heavy atom. The molecule has 2 atom stereocenters. The quantitative estimate of drug-likeness (QED) is 0.0294. The van der Waals surface area contributed by atoms with E-state index in [9.17, 15) is 48.6 Å². The van der Waals surface area contributed by atoms with Crippen molar-refractivity contribution in [3.05, 3.63) is 12.2 Å². The number of allylic oxidation sites excluding steroid dienone is 1. The van der Waals surface area contributed by atoms with Gasteiger partial charge in [-0.3, -0.25) is 28.8 Å². The zero-order chi connectivity index (χ0) is 52.6. The van der Waals surface area contributed by atoms with Gasteiger partial charge in [-0.25, -0.2) is 9.59 Å². The van der Waals surface area contributed by atoms with Crippen LogP contribution in [0.25, 0.3) is 0 Å². The summed E-state index contributed by atoms with van der Waals surface area (Å²) in [4.78, 5) is 96.0. The fourth-order valence-electron chi connectivity index (χ4n) is 7.09. The second-order valence-corrected chi connectivity index (χ2v) is 17.9. The van der Waals surface area contributed by atoms with E-state index >= 15 is 0 Å². The third-order valence-electron chi connectivity index (χ3n) is 11.2. The summed E-state index contributed by atoms with van der Waals surface area (Å²) in [5.74, 6) is -4.67. The molecule has 0 rings (SSSR count). The molecule has 2 unspecified atom stereocenters. The fourth-order valence-corrected chi connectivity index (χ4v) is 7.09. The summed E-state index contributed by atoms with van der Waals surface area (Å²) >= 11 is 0. The predicted octanol–water partition coefficient (Wildman–Crippen LogP) is 5.00. The van der Waals surface area contributed by atoms with Crippen molar-refractivity contribution in [1.29, 1.82) is 0 Å². The highest BCUT2D eigenvalue weighted by Crippen LogP contribution is 2.15. The minimum atomic E-state index is -1.29. The zero-order valence-electron chi connectivity index (χ0n) is 43.3. The van der Waals surface area contributed by atoms with Crippen molar-refractivity contribution in [1.82, 2.24) is 31.9 Å². The molecular formula is C51H92N6O14. The molecule has 20 nitrogen and oxygen atoms in total. The molecule has 0 radical (unpaired) electrons. The van der Waals surface area contributed by atoms with Gasteiger partial charge in [0.25, 0.3) is 0 Å². The molecule has 0 aliphatic heterocycles. The topological polar surface area (TPSA) is 286 Å². The number of nitrogens with one attached hydrogen (secondary N) is 6. The van der Waals surface area contributed by atoms with Crippen LogP contribution in [-0.2, 0) is 57.3 Å². The molecule has 20 heteroatoms. The van der Waals surface area contributed by atoms with Crippen molar-refractivity contribution in [3.63, 3.8) is 0 Å².